The second-order valence-corrected chi connectivity index (χ2v) is 7.99. The van der Waals surface area contributed by atoms with Gasteiger partial charge in [0.15, 0.2) is 0 Å². The van der Waals surface area contributed by atoms with Crippen molar-refractivity contribution in [2.45, 2.75) is 38.3 Å². The van der Waals surface area contributed by atoms with Crippen LogP contribution in [0.4, 0.5) is 5.69 Å². The van der Waals surface area contributed by atoms with E-state index in [-0.39, 0.29) is 5.91 Å². The summed E-state index contributed by atoms with van der Waals surface area (Å²) >= 11 is 0. The molecule has 2 saturated heterocycles. The first-order chi connectivity index (χ1) is 12.4. The van der Waals surface area contributed by atoms with Gasteiger partial charge in [-0.15, -0.1) is 0 Å². The third-order valence-corrected chi connectivity index (χ3v) is 5.50. The molecule has 0 radical (unpaired) electrons. The van der Waals surface area contributed by atoms with Crippen LogP contribution in [0.2, 0.25) is 0 Å². The molecule has 0 aromatic heterocycles. The van der Waals surface area contributed by atoms with E-state index in [0.717, 1.165) is 57.9 Å². The quantitative estimate of drug-likeness (QED) is 0.883. The van der Waals surface area contributed by atoms with E-state index >= 15 is 0 Å². The summed E-state index contributed by atoms with van der Waals surface area (Å²) in [6, 6.07) is 8.73. The van der Waals surface area contributed by atoms with Gasteiger partial charge >= 0.3 is 0 Å². The van der Waals surface area contributed by atoms with Crippen LogP contribution >= 0.6 is 0 Å². The van der Waals surface area contributed by atoms with Gasteiger partial charge in [0.05, 0.1) is 12.6 Å². The fourth-order valence-corrected chi connectivity index (χ4v) is 3.98. The average molecular weight is 361 g/mol. The minimum atomic E-state index is -0.783. The number of nitrogens with two attached hydrogens (primary N) is 1. The van der Waals surface area contributed by atoms with Crippen LogP contribution in [0.5, 0.6) is 5.75 Å². The molecule has 2 fully saturated rings. The Bertz CT molecular complexity index is 603. The SMILES string of the molecule is COc1ccc(N2CCN([C@H]3CCCN(C(=O)C(C)(C)N)C3)CC2)cc1. The molecule has 2 aliphatic rings. The number of piperidine rings is 1. The highest BCUT2D eigenvalue weighted by atomic mass is 16.5. The minimum absolute atomic E-state index is 0.0686. The third-order valence-electron chi connectivity index (χ3n) is 5.50. The lowest BCUT2D eigenvalue weighted by atomic mass is 9.99. The van der Waals surface area contributed by atoms with Crippen molar-refractivity contribution in [2.24, 2.45) is 5.73 Å². The van der Waals surface area contributed by atoms with E-state index in [4.69, 9.17) is 10.5 Å². The molecule has 2 heterocycles. The van der Waals surface area contributed by atoms with Crippen molar-refractivity contribution < 1.29 is 9.53 Å². The van der Waals surface area contributed by atoms with Crippen LogP contribution < -0.4 is 15.4 Å². The molecular weight excluding hydrogens is 328 g/mol. The predicted molar refractivity (Wildman–Crippen MR) is 105 cm³/mol. The van der Waals surface area contributed by atoms with Gasteiger partial charge in [-0.25, -0.2) is 0 Å². The van der Waals surface area contributed by atoms with Crippen LogP contribution in [0.15, 0.2) is 24.3 Å². The van der Waals surface area contributed by atoms with Gasteiger partial charge in [-0.05, 0) is 51.0 Å². The summed E-state index contributed by atoms with van der Waals surface area (Å²) in [5, 5.41) is 0. The van der Waals surface area contributed by atoms with Crippen LogP contribution in [-0.2, 0) is 4.79 Å². The first-order valence-electron chi connectivity index (χ1n) is 9.60. The van der Waals surface area contributed by atoms with E-state index in [0.29, 0.717) is 6.04 Å². The third kappa shape index (κ3) is 4.30. The zero-order valence-electron chi connectivity index (χ0n) is 16.3. The molecule has 0 aliphatic carbocycles. The van der Waals surface area contributed by atoms with Crippen molar-refractivity contribution in [3.8, 4) is 5.75 Å². The summed E-state index contributed by atoms with van der Waals surface area (Å²) in [5.41, 5.74) is 6.48. The highest BCUT2D eigenvalue weighted by Gasteiger charge is 2.34. The van der Waals surface area contributed by atoms with Gasteiger partial charge in [-0.2, -0.15) is 0 Å². The number of nitrogens with zero attached hydrogens (tertiary/aromatic N) is 3. The summed E-state index contributed by atoms with van der Waals surface area (Å²) in [6.07, 6.45) is 2.22. The zero-order chi connectivity index (χ0) is 18.7. The second-order valence-electron chi connectivity index (χ2n) is 7.99. The molecule has 0 bridgehead atoms. The average Bonchev–Trinajstić information content (AvgIpc) is 2.67. The van der Waals surface area contributed by atoms with E-state index in [2.05, 4.69) is 21.9 Å². The molecule has 3 rings (SSSR count). The number of rotatable bonds is 4. The first kappa shape index (κ1) is 19.0. The number of carbonyl (C=O) groups excluding carboxylic acids is 1. The number of hydrogen-bond donors (Lipinski definition) is 1. The maximum atomic E-state index is 12.5. The molecule has 0 saturated carbocycles. The topological polar surface area (TPSA) is 62.0 Å². The Hall–Kier alpha value is -1.79. The summed E-state index contributed by atoms with van der Waals surface area (Å²) < 4.78 is 5.24. The molecule has 2 N–H and O–H groups in total. The highest BCUT2D eigenvalue weighted by molar-refractivity contribution is 5.85. The van der Waals surface area contributed by atoms with Gasteiger partial charge in [-0.3, -0.25) is 9.69 Å². The fraction of sp³-hybridized carbons (Fsp3) is 0.650. The number of amides is 1. The van der Waals surface area contributed by atoms with Crippen LogP contribution in [0.1, 0.15) is 26.7 Å². The minimum Gasteiger partial charge on any atom is -0.497 e. The predicted octanol–water partition coefficient (Wildman–Crippen LogP) is 1.55. The van der Waals surface area contributed by atoms with E-state index in [1.165, 1.54) is 5.69 Å². The smallest absolute Gasteiger partial charge is 0.242 e. The van der Waals surface area contributed by atoms with Crippen LogP contribution in [0, 0.1) is 0 Å². The Labute approximate surface area is 156 Å². The van der Waals surface area contributed by atoms with Crippen LogP contribution in [-0.4, -0.2) is 73.7 Å². The monoisotopic (exact) mass is 360 g/mol. The number of hydrogen-bond acceptors (Lipinski definition) is 5. The molecule has 1 atom stereocenters. The maximum absolute atomic E-state index is 12.5. The standard InChI is InChI=1S/C20H32N4O2/c1-20(2,21)19(25)24-10-4-5-17(15-24)23-13-11-22(12-14-23)16-6-8-18(26-3)9-7-16/h6-9,17H,4-5,10-15,21H2,1-3H3/t17-/m0/s1. The molecular formula is C20H32N4O2. The molecule has 2 aliphatic heterocycles. The Morgan fingerprint density at radius 2 is 1.77 bits per heavy atom. The molecule has 6 nitrogen and oxygen atoms in total. The van der Waals surface area contributed by atoms with Gasteiger partial charge in [0.1, 0.15) is 5.75 Å². The van der Waals surface area contributed by atoms with Gasteiger partial charge < -0.3 is 20.3 Å². The fourth-order valence-electron chi connectivity index (χ4n) is 3.98. The Morgan fingerprint density at radius 3 is 2.35 bits per heavy atom. The molecule has 1 aromatic carbocycles. The molecule has 6 heteroatoms. The number of likely N-dealkylation sites (tertiary alicyclic amines) is 1. The largest absolute Gasteiger partial charge is 0.497 e. The molecule has 144 valence electrons. The number of methoxy groups -OCH3 is 1. The molecule has 1 aromatic rings. The first-order valence-corrected chi connectivity index (χ1v) is 9.60. The number of anilines is 1. The van der Waals surface area contributed by atoms with E-state index < -0.39 is 5.54 Å². The van der Waals surface area contributed by atoms with Gasteiger partial charge in [0.25, 0.3) is 0 Å². The molecule has 1 amide bonds. The molecule has 0 spiro atoms. The van der Waals surface area contributed by atoms with E-state index in [1.807, 2.05) is 17.0 Å². The Morgan fingerprint density at radius 1 is 1.12 bits per heavy atom. The molecule has 26 heavy (non-hydrogen) atoms. The van der Waals surface area contributed by atoms with Crippen molar-refractivity contribution in [3.05, 3.63) is 24.3 Å². The normalized spacial score (nSPS) is 22.4. The van der Waals surface area contributed by atoms with Gasteiger partial charge in [0.2, 0.25) is 5.91 Å². The van der Waals surface area contributed by atoms with Crippen LogP contribution in [0.25, 0.3) is 0 Å². The van der Waals surface area contributed by atoms with Crippen LogP contribution in [0.3, 0.4) is 0 Å². The van der Waals surface area contributed by atoms with Gasteiger partial charge in [0, 0.05) is 51.0 Å². The Kier molecular flexibility index (Phi) is 5.73. The number of benzene rings is 1. The number of piperazine rings is 1. The van der Waals surface area contributed by atoms with Crippen molar-refractivity contribution in [1.82, 2.24) is 9.80 Å². The summed E-state index contributed by atoms with van der Waals surface area (Å²) in [5.74, 6) is 0.959. The van der Waals surface area contributed by atoms with E-state index in [9.17, 15) is 4.79 Å². The maximum Gasteiger partial charge on any atom is 0.242 e. The van der Waals surface area contributed by atoms with Gasteiger partial charge in [-0.1, -0.05) is 0 Å². The summed E-state index contributed by atoms with van der Waals surface area (Å²) in [7, 11) is 1.69. The van der Waals surface area contributed by atoms with Crippen molar-refractivity contribution in [1.29, 1.82) is 0 Å². The lowest BCUT2D eigenvalue weighted by Gasteiger charge is -2.44. The van der Waals surface area contributed by atoms with E-state index in [1.54, 1.807) is 21.0 Å². The lowest BCUT2D eigenvalue weighted by Crippen LogP contribution is -2.59. The van der Waals surface area contributed by atoms with Crippen molar-refractivity contribution >= 4 is 11.6 Å². The second kappa shape index (κ2) is 7.84. The van der Waals surface area contributed by atoms with Crippen molar-refractivity contribution in [2.75, 3.05) is 51.3 Å². The lowest BCUT2D eigenvalue weighted by molar-refractivity contribution is -0.138. The number of ether oxygens (including phenoxy) is 1. The summed E-state index contributed by atoms with van der Waals surface area (Å²) in [4.78, 5) is 19.4. The summed E-state index contributed by atoms with van der Waals surface area (Å²) in [6.45, 7) is 9.33. The molecule has 0 unspecified atom stereocenters. The Balaban J connectivity index is 1.54. The highest BCUT2D eigenvalue weighted by Crippen LogP contribution is 2.23. The number of carbonyl (C=O) groups is 1. The zero-order valence-corrected chi connectivity index (χ0v) is 16.3. The van der Waals surface area contributed by atoms with Crippen molar-refractivity contribution in [3.63, 3.8) is 0 Å².